The zero-order valence-corrected chi connectivity index (χ0v) is 21.8. The molecule has 2 aromatic carbocycles. The van der Waals surface area contributed by atoms with Crippen LogP contribution < -0.4 is 25.0 Å². The number of aryl methyl sites for hydroxylation is 2. The number of hydrogen-bond acceptors (Lipinski definition) is 9. The molecule has 3 aromatic heterocycles. The summed E-state index contributed by atoms with van der Waals surface area (Å²) in [6.45, 7) is 5.33. The molecule has 1 saturated heterocycles. The largest absolute Gasteiger partial charge is 0.487 e. The van der Waals surface area contributed by atoms with Crippen molar-refractivity contribution in [1.29, 1.82) is 0 Å². The smallest absolute Gasteiger partial charge is 0.175 e. The number of nitrogens with one attached hydrogen (secondary N) is 2. The molecule has 0 radical (unpaired) electrons. The van der Waals surface area contributed by atoms with Crippen LogP contribution in [-0.4, -0.2) is 56.8 Å². The molecule has 0 bridgehead atoms. The van der Waals surface area contributed by atoms with Gasteiger partial charge in [0.1, 0.15) is 30.3 Å². The number of aromatic nitrogens is 5. The van der Waals surface area contributed by atoms with Crippen molar-refractivity contribution < 1.29 is 9.47 Å². The van der Waals surface area contributed by atoms with Crippen molar-refractivity contribution in [3.05, 3.63) is 60.8 Å². The summed E-state index contributed by atoms with van der Waals surface area (Å²) in [7, 11) is 1.98. The van der Waals surface area contributed by atoms with Gasteiger partial charge in [-0.3, -0.25) is 0 Å². The molecule has 38 heavy (non-hydrogen) atoms. The molecule has 2 aliphatic heterocycles. The Morgan fingerprint density at radius 3 is 2.89 bits per heavy atom. The third-order valence-electron chi connectivity index (χ3n) is 7.02. The molecule has 0 spiro atoms. The first-order valence-corrected chi connectivity index (χ1v) is 12.3. The molecule has 7 rings (SSSR count). The van der Waals surface area contributed by atoms with Crippen molar-refractivity contribution in [2.45, 2.75) is 13.0 Å². The maximum absolute atomic E-state index is 6.24. The Bertz CT molecular complexity index is 1660. The number of benzene rings is 2. The molecular formula is C27H27ClN8O2. The minimum Gasteiger partial charge on any atom is -0.487 e. The number of anilines is 3. The topological polar surface area (TPSA) is 102 Å². The first-order valence-electron chi connectivity index (χ1n) is 12.3. The minimum atomic E-state index is 0. The lowest BCUT2D eigenvalue weighted by Crippen LogP contribution is -2.56. The number of halogens is 1. The molecule has 5 aromatic rings. The van der Waals surface area contributed by atoms with E-state index in [1.165, 1.54) is 0 Å². The van der Waals surface area contributed by atoms with E-state index in [1.54, 1.807) is 18.9 Å². The number of ether oxygens (including phenoxy) is 2. The van der Waals surface area contributed by atoms with Crippen LogP contribution in [0.1, 0.15) is 5.56 Å². The van der Waals surface area contributed by atoms with Crippen LogP contribution in [0.5, 0.6) is 17.2 Å². The van der Waals surface area contributed by atoms with Gasteiger partial charge in [0.15, 0.2) is 11.6 Å². The van der Waals surface area contributed by atoms with Gasteiger partial charge in [-0.25, -0.2) is 19.9 Å². The van der Waals surface area contributed by atoms with Gasteiger partial charge < -0.3 is 29.6 Å². The lowest BCUT2D eigenvalue weighted by atomic mass is 10.1. The third kappa shape index (κ3) is 4.11. The number of pyridine rings is 1. The van der Waals surface area contributed by atoms with Crippen molar-refractivity contribution in [1.82, 2.24) is 29.8 Å². The quantitative estimate of drug-likeness (QED) is 0.351. The highest BCUT2D eigenvalue weighted by molar-refractivity contribution is 5.98. The minimum absolute atomic E-state index is 0. The predicted molar refractivity (Wildman–Crippen MR) is 149 cm³/mol. The van der Waals surface area contributed by atoms with Gasteiger partial charge in [0.2, 0.25) is 0 Å². The second-order valence-electron chi connectivity index (χ2n) is 9.47. The van der Waals surface area contributed by atoms with Gasteiger partial charge >= 0.3 is 0 Å². The summed E-state index contributed by atoms with van der Waals surface area (Å²) >= 11 is 0. The van der Waals surface area contributed by atoms with Crippen LogP contribution in [0.25, 0.3) is 21.9 Å². The molecule has 2 aliphatic rings. The van der Waals surface area contributed by atoms with Gasteiger partial charge in [-0.05, 0) is 42.8 Å². The summed E-state index contributed by atoms with van der Waals surface area (Å²) < 4.78 is 14.4. The first-order chi connectivity index (χ1) is 18.1. The first kappa shape index (κ1) is 24.2. The molecule has 1 atom stereocenters. The van der Waals surface area contributed by atoms with E-state index in [2.05, 4.69) is 30.5 Å². The normalized spacial score (nSPS) is 16.4. The summed E-state index contributed by atoms with van der Waals surface area (Å²) in [6, 6.07) is 12.2. The summed E-state index contributed by atoms with van der Waals surface area (Å²) in [5.41, 5.74) is 4.60. The van der Waals surface area contributed by atoms with Crippen LogP contribution in [0.2, 0.25) is 0 Å². The van der Waals surface area contributed by atoms with Gasteiger partial charge in [-0.1, -0.05) is 0 Å². The maximum Gasteiger partial charge on any atom is 0.175 e. The SMILES string of the molecule is Cc1cc(Nc2ncnc3cnc4c(c23)OCC2CNCCN42)ccc1Oc1ccc2c(c1)ncn2C.Cl. The van der Waals surface area contributed by atoms with E-state index in [-0.39, 0.29) is 18.4 Å². The molecule has 1 fully saturated rings. The van der Waals surface area contributed by atoms with Crippen LogP contribution in [0.15, 0.2) is 55.2 Å². The molecule has 11 heteroatoms. The van der Waals surface area contributed by atoms with Crippen molar-refractivity contribution in [2.24, 2.45) is 7.05 Å². The zero-order chi connectivity index (χ0) is 24.9. The number of piperazine rings is 1. The second kappa shape index (κ2) is 9.62. The summed E-state index contributed by atoms with van der Waals surface area (Å²) in [5.74, 6) is 3.81. The Morgan fingerprint density at radius 1 is 1.08 bits per heavy atom. The molecule has 2 N–H and O–H groups in total. The summed E-state index contributed by atoms with van der Waals surface area (Å²) in [6.07, 6.45) is 5.15. The van der Waals surface area contributed by atoms with Crippen molar-refractivity contribution in [3.8, 4) is 17.2 Å². The van der Waals surface area contributed by atoms with Crippen LogP contribution in [0, 0.1) is 6.92 Å². The average molecular weight is 531 g/mol. The third-order valence-corrected chi connectivity index (χ3v) is 7.02. The van der Waals surface area contributed by atoms with E-state index in [0.29, 0.717) is 12.4 Å². The summed E-state index contributed by atoms with van der Waals surface area (Å²) in [5, 5.41) is 7.74. The molecule has 0 saturated carbocycles. The number of hydrogen-bond donors (Lipinski definition) is 2. The molecule has 1 unspecified atom stereocenters. The Morgan fingerprint density at radius 2 is 2.00 bits per heavy atom. The van der Waals surface area contributed by atoms with E-state index in [0.717, 1.165) is 75.9 Å². The standard InChI is InChI=1S/C27H26N8O2.ClH/c1-16-9-17(3-6-23(16)37-19-4-5-22-20(10-19)32-15-34(22)2)33-26-24-21(30-14-31-26)12-29-27-25(24)36-13-18-11-28-7-8-35(18)27;/h3-6,9-10,12,14-15,18,28H,7-8,11,13H2,1-2H3,(H,30,31,33);1H. The lowest BCUT2D eigenvalue weighted by Gasteiger charge is -2.41. The average Bonchev–Trinajstić information content (AvgIpc) is 3.29. The molecular weight excluding hydrogens is 504 g/mol. The predicted octanol–water partition coefficient (Wildman–Crippen LogP) is 4.35. The molecule has 0 amide bonds. The molecule has 10 nitrogen and oxygen atoms in total. The Labute approximate surface area is 225 Å². The fourth-order valence-electron chi connectivity index (χ4n) is 5.10. The Balaban J connectivity index is 0.00000264. The van der Waals surface area contributed by atoms with Gasteiger partial charge in [-0.2, -0.15) is 0 Å². The molecule has 194 valence electrons. The highest BCUT2D eigenvalue weighted by Gasteiger charge is 2.33. The van der Waals surface area contributed by atoms with Gasteiger partial charge in [-0.15, -0.1) is 12.4 Å². The van der Waals surface area contributed by atoms with Crippen molar-refractivity contribution >= 4 is 51.7 Å². The monoisotopic (exact) mass is 530 g/mol. The zero-order valence-electron chi connectivity index (χ0n) is 21.0. The van der Waals surface area contributed by atoms with E-state index in [9.17, 15) is 0 Å². The Hall–Kier alpha value is -4.15. The Kier molecular flexibility index (Phi) is 6.13. The van der Waals surface area contributed by atoms with Crippen molar-refractivity contribution in [2.75, 3.05) is 36.5 Å². The fourth-order valence-corrected chi connectivity index (χ4v) is 5.10. The van der Waals surface area contributed by atoms with E-state index < -0.39 is 0 Å². The van der Waals surface area contributed by atoms with Gasteiger partial charge in [0.25, 0.3) is 0 Å². The number of rotatable bonds is 4. The van der Waals surface area contributed by atoms with Gasteiger partial charge in [0, 0.05) is 38.4 Å². The van der Waals surface area contributed by atoms with Crippen molar-refractivity contribution in [3.63, 3.8) is 0 Å². The highest BCUT2D eigenvalue weighted by atomic mass is 35.5. The van der Waals surface area contributed by atoms with Crippen LogP contribution in [-0.2, 0) is 7.05 Å². The van der Waals surface area contributed by atoms with E-state index >= 15 is 0 Å². The highest BCUT2D eigenvalue weighted by Crippen LogP contribution is 2.41. The number of imidazole rings is 1. The van der Waals surface area contributed by atoms with Crippen LogP contribution in [0.3, 0.4) is 0 Å². The lowest BCUT2D eigenvalue weighted by molar-refractivity contribution is 0.247. The maximum atomic E-state index is 6.24. The van der Waals surface area contributed by atoms with Gasteiger partial charge in [0.05, 0.1) is 40.5 Å². The summed E-state index contributed by atoms with van der Waals surface area (Å²) in [4.78, 5) is 20.5. The molecule has 5 heterocycles. The fraction of sp³-hybridized carbons (Fsp3) is 0.259. The van der Waals surface area contributed by atoms with E-state index in [1.807, 2.05) is 54.9 Å². The second-order valence-corrected chi connectivity index (χ2v) is 9.47. The number of nitrogens with zero attached hydrogens (tertiary/aromatic N) is 6. The molecule has 0 aliphatic carbocycles. The van der Waals surface area contributed by atoms with E-state index in [4.69, 9.17) is 14.5 Å². The van der Waals surface area contributed by atoms with Crippen LogP contribution in [0.4, 0.5) is 17.3 Å². The number of fused-ring (bicyclic) bond motifs is 6. The van der Waals surface area contributed by atoms with Crippen LogP contribution >= 0.6 is 12.4 Å².